The van der Waals surface area contributed by atoms with E-state index in [0.29, 0.717) is 6.54 Å². The van der Waals surface area contributed by atoms with Gasteiger partial charge in [-0.15, -0.1) is 0 Å². The Kier molecular flexibility index (Phi) is 3.75. The van der Waals surface area contributed by atoms with Gasteiger partial charge >= 0.3 is 0 Å². The average Bonchev–Trinajstić information content (AvgIpc) is 3.07. The van der Waals surface area contributed by atoms with Crippen LogP contribution in [-0.4, -0.2) is 26.7 Å². The normalized spacial score (nSPS) is 17.7. The first-order valence-electron chi connectivity index (χ1n) is 6.09. The van der Waals surface area contributed by atoms with Crippen LogP contribution in [0.1, 0.15) is 24.0 Å². The lowest BCUT2D eigenvalue weighted by Gasteiger charge is -2.13. The minimum absolute atomic E-state index is 0.00378. The van der Waals surface area contributed by atoms with Crippen LogP contribution >= 0.6 is 0 Å². The van der Waals surface area contributed by atoms with Gasteiger partial charge in [-0.05, 0) is 25.3 Å². The minimum atomic E-state index is -3.32. The number of aryl methyl sites for hydroxylation is 1. The summed E-state index contributed by atoms with van der Waals surface area (Å²) in [6.45, 7) is 2.34. The van der Waals surface area contributed by atoms with Crippen molar-refractivity contribution in [1.82, 2.24) is 4.72 Å². The number of aliphatic hydroxyl groups excluding tert-OH is 1. The molecular formula is C13H19NO3S. The van der Waals surface area contributed by atoms with Crippen LogP contribution in [-0.2, 0) is 15.8 Å². The van der Waals surface area contributed by atoms with Gasteiger partial charge in [0.2, 0.25) is 10.0 Å². The summed E-state index contributed by atoms with van der Waals surface area (Å²) < 4.78 is 26.4. The molecule has 100 valence electrons. The second-order valence-electron chi connectivity index (χ2n) is 5.23. The zero-order valence-corrected chi connectivity index (χ0v) is 11.3. The number of hydrogen-bond donors (Lipinski definition) is 2. The molecule has 0 unspecified atom stereocenters. The van der Waals surface area contributed by atoms with Crippen LogP contribution in [0.2, 0.25) is 0 Å². The Morgan fingerprint density at radius 1 is 1.39 bits per heavy atom. The number of aliphatic hydroxyl groups is 1. The highest BCUT2D eigenvalue weighted by Crippen LogP contribution is 2.44. The quantitative estimate of drug-likeness (QED) is 0.815. The molecule has 0 radical (unpaired) electrons. The maximum Gasteiger partial charge on any atom is 0.215 e. The lowest BCUT2D eigenvalue weighted by atomic mass is 10.1. The zero-order valence-electron chi connectivity index (χ0n) is 10.5. The van der Waals surface area contributed by atoms with Crippen LogP contribution in [0.15, 0.2) is 24.3 Å². The lowest BCUT2D eigenvalue weighted by molar-refractivity contribution is 0.213. The molecule has 1 aromatic rings. The first-order valence-corrected chi connectivity index (χ1v) is 7.74. The first kappa shape index (κ1) is 13.5. The SMILES string of the molecule is Cc1cccc(CS(=O)(=O)NCC2(CO)CC2)c1. The third kappa shape index (κ3) is 3.54. The first-order chi connectivity index (χ1) is 8.45. The molecule has 5 heteroatoms. The summed E-state index contributed by atoms with van der Waals surface area (Å²) in [4.78, 5) is 0. The summed E-state index contributed by atoms with van der Waals surface area (Å²) in [5, 5.41) is 9.14. The molecule has 2 N–H and O–H groups in total. The van der Waals surface area contributed by atoms with Crippen LogP contribution < -0.4 is 4.72 Å². The molecule has 18 heavy (non-hydrogen) atoms. The highest BCUT2D eigenvalue weighted by Gasteiger charge is 2.42. The predicted octanol–water partition coefficient (Wildman–Crippen LogP) is 1.19. The molecule has 0 spiro atoms. The van der Waals surface area contributed by atoms with E-state index < -0.39 is 10.0 Å². The molecule has 2 rings (SSSR count). The van der Waals surface area contributed by atoms with E-state index in [2.05, 4.69) is 4.72 Å². The van der Waals surface area contributed by atoms with Crippen LogP contribution in [0.3, 0.4) is 0 Å². The van der Waals surface area contributed by atoms with E-state index in [-0.39, 0.29) is 17.8 Å². The van der Waals surface area contributed by atoms with E-state index in [4.69, 9.17) is 5.11 Å². The highest BCUT2D eigenvalue weighted by atomic mass is 32.2. The molecule has 1 aliphatic rings. The molecule has 1 saturated carbocycles. The largest absolute Gasteiger partial charge is 0.396 e. The number of nitrogens with one attached hydrogen (secondary N) is 1. The highest BCUT2D eigenvalue weighted by molar-refractivity contribution is 7.88. The molecule has 0 bridgehead atoms. The molecule has 4 nitrogen and oxygen atoms in total. The van der Waals surface area contributed by atoms with Gasteiger partial charge in [0, 0.05) is 18.6 Å². The Bertz CT molecular complexity index is 521. The van der Waals surface area contributed by atoms with Gasteiger partial charge in [0.05, 0.1) is 5.75 Å². The van der Waals surface area contributed by atoms with Gasteiger partial charge in [-0.3, -0.25) is 0 Å². The Balaban J connectivity index is 1.95. The van der Waals surface area contributed by atoms with Crippen molar-refractivity contribution in [2.45, 2.75) is 25.5 Å². The van der Waals surface area contributed by atoms with Crippen molar-refractivity contribution in [3.63, 3.8) is 0 Å². The van der Waals surface area contributed by atoms with Crippen LogP contribution in [0.4, 0.5) is 0 Å². The molecule has 1 aromatic carbocycles. The van der Waals surface area contributed by atoms with E-state index in [1.807, 2.05) is 31.2 Å². The van der Waals surface area contributed by atoms with E-state index in [1.54, 1.807) is 0 Å². The van der Waals surface area contributed by atoms with Crippen LogP contribution in [0.5, 0.6) is 0 Å². The number of hydrogen-bond acceptors (Lipinski definition) is 3. The van der Waals surface area contributed by atoms with E-state index in [9.17, 15) is 8.42 Å². The molecule has 0 aromatic heterocycles. The average molecular weight is 269 g/mol. The lowest BCUT2D eigenvalue weighted by Crippen LogP contribution is -2.32. The van der Waals surface area contributed by atoms with Gasteiger partial charge in [0.25, 0.3) is 0 Å². The Hall–Kier alpha value is -0.910. The predicted molar refractivity (Wildman–Crippen MR) is 70.6 cm³/mol. The van der Waals surface area contributed by atoms with Gasteiger partial charge in [0.1, 0.15) is 0 Å². The summed E-state index contributed by atoms with van der Waals surface area (Å²) in [6, 6.07) is 7.48. The van der Waals surface area contributed by atoms with E-state index >= 15 is 0 Å². The number of benzene rings is 1. The maximum absolute atomic E-state index is 11.9. The third-order valence-electron chi connectivity index (χ3n) is 3.40. The van der Waals surface area contributed by atoms with Crippen molar-refractivity contribution in [2.75, 3.05) is 13.2 Å². The van der Waals surface area contributed by atoms with Crippen molar-refractivity contribution in [3.05, 3.63) is 35.4 Å². The zero-order chi connectivity index (χ0) is 13.2. The molecule has 1 aliphatic carbocycles. The standard InChI is InChI=1S/C13H19NO3S/c1-11-3-2-4-12(7-11)8-18(16,17)14-9-13(10-15)5-6-13/h2-4,7,14-15H,5-6,8-10H2,1H3. The fourth-order valence-corrected chi connectivity index (χ4v) is 3.15. The Labute approximate surface area is 108 Å². The van der Waals surface area contributed by atoms with Crippen molar-refractivity contribution < 1.29 is 13.5 Å². The minimum Gasteiger partial charge on any atom is -0.396 e. The summed E-state index contributed by atoms with van der Waals surface area (Å²) >= 11 is 0. The Morgan fingerprint density at radius 3 is 2.67 bits per heavy atom. The van der Waals surface area contributed by atoms with E-state index in [0.717, 1.165) is 24.0 Å². The van der Waals surface area contributed by atoms with Crippen LogP contribution in [0, 0.1) is 12.3 Å². The molecule has 0 saturated heterocycles. The molecule has 1 fully saturated rings. The van der Waals surface area contributed by atoms with E-state index in [1.165, 1.54) is 0 Å². The molecule has 0 aliphatic heterocycles. The fourth-order valence-electron chi connectivity index (χ4n) is 1.90. The summed E-state index contributed by atoms with van der Waals surface area (Å²) in [5.41, 5.74) is 1.65. The molecule has 0 atom stereocenters. The number of sulfonamides is 1. The maximum atomic E-state index is 11.9. The second kappa shape index (κ2) is 4.99. The Morgan fingerprint density at radius 2 is 2.11 bits per heavy atom. The summed E-state index contributed by atoms with van der Waals surface area (Å²) in [7, 11) is -3.32. The molecular weight excluding hydrogens is 250 g/mol. The van der Waals surface area contributed by atoms with Gasteiger partial charge in [0.15, 0.2) is 0 Å². The van der Waals surface area contributed by atoms with Crippen molar-refractivity contribution in [3.8, 4) is 0 Å². The van der Waals surface area contributed by atoms with Gasteiger partial charge < -0.3 is 5.11 Å². The molecule has 0 heterocycles. The monoisotopic (exact) mass is 269 g/mol. The van der Waals surface area contributed by atoms with Crippen molar-refractivity contribution in [1.29, 1.82) is 0 Å². The van der Waals surface area contributed by atoms with Crippen molar-refractivity contribution >= 4 is 10.0 Å². The van der Waals surface area contributed by atoms with Crippen LogP contribution in [0.25, 0.3) is 0 Å². The molecule has 0 amide bonds. The van der Waals surface area contributed by atoms with Gasteiger partial charge in [-0.2, -0.15) is 0 Å². The topological polar surface area (TPSA) is 66.4 Å². The fraction of sp³-hybridized carbons (Fsp3) is 0.538. The third-order valence-corrected chi connectivity index (χ3v) is 4.70. The smallest absolute Gasteiger partial charge is 0.215 e. The second-order valence-corrected chi connectivity index (χ2v) is 7.03. The summed E-state index contributed by atoms with van der Waals surface area (Å²) in [6.07, 6.45) is 1.80. The summed E-state index contributed by atoms with van der Waals surface area (Å²) in [5.74, 6) is -0.00378. The number of rotatable bonds is 6. The van der Waals surface area contributed by atoms with Crippen molar-refractivity contribution in [2.24, 2.45) is 5.41 Å². The van der Waals surface area contributed by atoms with Gasteiger partial charge in [-0.1, -0.05) is 29.8 Å². The van der Waals surface area contributed by atoms with Gasteiger partial charge in [-0.25, -0.2) is 13.1 Å².